The largest absolute Gasteiger partial charge is 0.462 e. The summed E-state index contributed by atoms with van der Waals surface area (Å²) >= 11 is 0. The van der Waals surface area contributed by atoms with Crippen LogP contribution in [0.1, 0.15) is 71.6 Å². The first-order valence-electron chi connectivity index (χ1n) is 9.28. The van der Waals surface area contributed by atoms with Crippen LogP contribution in [-0.4, -0.2) is 18.5 Å². The van der Waals surface area contributed by atoms with Crippen molar-refractivity contribution in [2.75, 3.05) is 6.61 Å². The van der Waals surface area contributed by atoms with Crippen molar-refractivity contribution in [2.45, 2.75) is 71.6 Å². The van der Waals surface area contributed by atoms with Crippen molar-refractivity contribution in [3.8, 4) is 0 Å². The molecule has 1 saturated carbocycles. The Bertz CT molecular complexity index is 425. The lowest BCUT2D eigenvalue weighted by Gasteiger charge is -2.01. The quantitative estimate of drug-likeness (QED) is 0.207. The van der Waals surface area contributed by atoms with E-state index in [0.29, 0.717) is 6.42 Å². The number of carbonyl (C=O) groups excluding carboxylic acids is 2. The molecule has 136 valence electrons. The Balaban J connectivity index is 1.96. The van der Waals surface area contributed by atoms with Crippen LogP contribution in [0.25, 0.3) is 0 Å². The summed E-state index contributed by atoms with van der Waals surface area (Å²) in [6.07, 6.45) is 17.1. The van der Waals surface area contributed by atoms with Crippen molar-refractivity contribution >= 4 is 11.9 Å². The van der Waals surface area contributed by atoms with E-state index in [9.17, 15) is 9.59 Å². The van der Waals surface area contributed by atoms with E-state index in [1.165, 1.54) is 58.1 Å². The summed E-state index contributed by atoms with van der Waals surface area (Å²) in [5.74, 6) is 1.10. The maximum atomic E-state index is 11.6. The van der Waals surface area contributed by atoms with Crippen LogP contribution >= 0.6 is 0 Å². The van der Waals surface area contributed by atoms with Crippen molar-refractivity contribution in [1.82, 2.24) is 0 Å². The van der Waals surface area contributed by atoms with Gasteiger partial charge in [-0.15, -0.1) is 0 Å². The summed E-state index contributed by atoms with van der Waals surface area (Å²) in [5, 5.41) is 0. The number of hydrogen-bond acceptors (Lipinski definition) is 4. The standard InChI is InChI=1S/C20H32O4/c1-3-4-5-6-8-11-18-16-19(18)12-13-20(22)24-15-10-7-9-14-23-17(2)21/h7,9-10,15,18-19H,3-6,8,11-14,16H2,1-2H3/b9-7+,15-10-/t18-,19-/m1/s1. The molecule has 1 rings (SSSR count). The second kappa shape index (κ2) is 12.8. The molecule has 1 aliphatic carbocycles. The summed E-state index contributed by atoms with van der Waals surface area (Å²) in [7, 11) is 0. The van der Waals surface area contributed by atoms with Crippen LogP contribution in [0.5, 0.6) is 0 Å². The molecular formula is C20H32O4. The number of ether oxygens (including phenoxy) is 2. The van der Waals surface area contributed by atoms with Gasteiger partial charge in [0.1, 0.15) is 6.61 Å². The summed E-state index contributed by atoms with van der Waals surface area (Å²) in [6, 6.07) is 0. The van der Waals surface area contributed by atoms with Gasteiger partial charge in [0, 0.05) is 13.3 Å². The molecule has 0 aliphatic heterocycles. The fourth-order valence-electron chi connectivity index (χ4n) is 2.85. The van der Waals surface area contributed by atoms with Crippen LogP contribution in [0.4, 0.5) is 0 Å². The fraction of sp³-hybridized carbons (Fsp3) is 0.700. The van der Waals surface area contributed by atoms with Gasteiger partial charge in [0.15, 0.2) is 0 Å². The third-order valence-electron chi connectivity index (χ3n) is 4.37. The molecule has 4 nitrogen and oxygen atoms in total. The molecule has 0 unspecified atom stereocenters. The summed E-state index contributed by atoms with van der Waals surface area (Å²) in [4.78, 5) is 22.2. The predicted octanol–water partition coefficient (Wildman–Crippen LogP) is 4.94. The number of carbonyl (C=O) groups is 2. The molecule has 0 N–H and O–H groups in total. The maximum Gasteiger partial charge on any atom is 0.310 e. The van der Waals surface area contributed by atoms with Gasteiger partial charge in [0.2, 0.25) is 0 Å². The lowest BCUT2D eigenvalue weighted by atomic mass is 10.1. The molecule has 0 aromatic rings. The Morgan fingerprint density at radius 1 is 1.04 bits per heavy atom. The number of unbranched alkanes of at least 4 members (excludes halogenated alkanes) is 4. The molecule has 1 fully saturated rings. The van der Waals surface area contributed by atoms with E-state index >= 15 is 0 Å². The molecule has 1 aliphatic rings. The van der Waals surface area contributed by atoms with Gasteiger partial charge in [-0.1, -0.05) is 51.5 Å². The molecular weight excluding hydrogens is 304 g/mol. The lowest BCUT2D eigenvalue weighted by molar-refractivity contribution is -0.140. The van der Waals surface area contributed by atoms with Gasteiger partial charge in [0.05, 0.1) is 6.26 Å². The first-order valence-corrected chi connectivity index (χ1v) is 9.28. The number of hydrogen-bond donors (Lipinski definition) is 0. The van der Waals surface area contributed by atoms with E-state index in [0.717, 1.165) is 18.3 Å². The average Bonchev–Trinajstić information content (AvgIpc) is 3.30. The third kappa shape index (κ3) is 11.0. The lowest BCUT2D eigenvalue weighted by Crippen LogP contribution is -2.00. The SMILES string of the molecule is CCCCCCC[C@@H]1C[C@H]1CCC(=O)O/C=C\C=C\COC(C)=O. The van der Waals surface area contributed by atoms with Gasteiger partial charge in [-0.05, 0) is 36.8 Å². The molecule has 0 spiro atoms. The van der Waals surface area contributed by atoms with Gasteiger partial charge in [0.25, 0.3) is 0 Å². The minimum atomic E-state index is -0.311. The summed E-state index contributed by atoms with van der Waals surface area (Å²) < 4.78 is 9.76. The smallest absolute Gasteiger partial charge is 0.310 e. The first-order chi connectivity index (χ1) is 11.6. The number of allylic oxidation sites excluding steroid dienone is 2. The highest BCUT2D eigenvalue weighted by atomic mass is 16.5. The Labute approximate surface area is 146 Å². The minimum absolute atomic E-state index is 0.173. The highest BCUT2D eigenvalue weighted by Crippen LogP contribution is 2.45. The fourth-order valence-corrected chi connectivity index (χ4v) is 2.85. The van der Waals surface area contributed by atoms with Gasteiger partial charge in [-0.3, -0.25) is 9.59 Å². The van der Waals surface area contributed by atoms with Gasteiger partial charge >= 0.3 is 11.9 Å². The van der Waals surface area contributed by atoms with Crippen LogP contribution in [0.15, 0.2) is 24.5 Å². The Morgan fingerprint density at radius 3 is 2.54 bits per heavy atom. The van der Waals surface area contributed by atoms with E-state index in [1.54, 1.807) is 18.2 Å². The van der Waals surface area contributed by atoms with E-state index in [1.807, 2.05) is 0 Å². The number of esters is 2. The van der Waals surface area contributed by atoms with E-state index in [-0.39, 0.29) is 18.5 Å². The van der Waals surface area contributed by atoms with E-state index in [4.69, 9.17) is 9.47 Å². The van der Waals surface area contributed by atoms with Gasteiger partial charge < -0.3 is 9.47 Å². The Hall–Kier alpha value is -1.58. The molecule has 0 radical (unpaired) electrons. The molecule has 4 heteroatoms. The zero-order chi connectivity index (χ0) is 17.6. The molecule has 0 aromatic carbocycles. The van der Waals surface area contributed by atoms with Gasteiger partial charge in [-0.25, -0.2) is 0 Å². The molecule has 2 atom stereocenters. The average molecular weight is 336 g/mol. The zero-order valence-electron chi connectivity index (χ0n) is 15.2. The van der Waals surface area contributed by atoms with E-state index < -0.39 is 0 Å². The molecule has 0 aromatic heterocycles. The summed E-state index contributed by atoms with van der Waals surface area (Å²) in [5.41, 5.74) is 0. The molecule has 24 heavy (non-hydrogen) atoms. The van der Waals surface area contributed by atoms with Crippen LogP contribution < -0.4 is 0 Å². The molecule has 0 saturated heterocycles. The van der Waals surface area contributed by atoms with Crippen LogP contribution in [0.2, 0.25) is 0 Å². The first kappa shape index (κ1) is 20.5. The highest BCUT2D eigenvalue weighted by Gasteiger charge is 2.35. The Morgan fingerprint density at radius 2 is 1.79 bits per heavy atom. The summed E-state index contributed by atoms with van der Waals surface area (Å²) in [6.45, 7) is 3.84. The third-order valence-corrected chi connectivity index (χ3v) is 4.37. The minimum Gasteiger partial charge on any atom is -0.462 e. The molecule has 0 amide bonds. The van der Waals surface area contributed by atoms with Crippen molar-refractivity contribution < 1.29 is 19.1 Å². The van der Waals surface area contributed by atoms with Crippen LogP contribution in [-0.2, 0) is 19.1 Å². The predicted molar refractivity (Wildman–Crippen MR) is 95.2 cm³/mol. The number of rotatable bonds is 13. The molecule has 0 heterocycles. The zero-order valence-corrected chi connectivity index (χ0v) is 15.2. The molecule has 0 bridgehead atoms. The topological polar surface area (TPSA) is 52.6 Å². The highest BCUT2D eigenvalue weighted by molar-refractivity contribution is 5.70. The van der Waals surface area contributed by atoms with Crippen LogP contribution in [0.3, 0.4) is 0 Å². The second-order valence-electron chi connectivity index (χ2n) is 6.55. The van der Waals surface area contributed by atoms with Crippen LogP contribution in [0, 0.1) is 11.8 Å². The van der Waals surface area contributed by atoms with Crippen molar-refractivity contribution in [2.24, 2.45) is 11.8 Å². The van der Waals surface area contributed by atoms with Gasteiger partial charge in [-0.2, -0.15) is 0 Å². The maximum absolute atomic E-state index is 11.6. The van der Waals surface area contributed by atoms with Crippen molar-refractivity contribution in [1.29, 1.82) is 0 Å². The van der Waals surface area contributed by atoms with Crippen molar-refractivity contribution in [3.63, 3.8) is 0 Å². The van der Waals surface area contributed by atoms with E-state index in [2.05, 4.69) is 6.92 Å². The normalized spacial score (nSPS) is 19.8. The Kier molecular flexibility index (Phi) is 10.9. The van der Waals surface area contributed by atoms with Crippen molar-refractivity contribution in [3.05, 3.63) is 24.5 Å². The monoisotopic (exact) mass is 336 g/mol. The second-order valence-corrected chi connectivity index (χ2v) is 6.55.